The molecule has 7 heteroatoms. The first-order valence-corrected chi connectivity index (χ1v) is 9.17. The Labute approximate surface area is 166 Å². The third kappa shape index (κ3) is 4.18. The number of amides is 1. The number of nitrogens with one attached hydrogen (secondary N) is 1. The summed E-state index contributed by atoms with van der Waals surface area (Å²) in [6.45, 7) is 0.807. The first-order chi connectivity index (χ1) is 13.7. The standard InChI is InChI=1S/C21H18ClN3O3/c22-16-5-7-17(8-6-16)28-14-20-24-18-3-1-2-4-19(18)25(20)12-21(26)23-11-15-9-10-27-13-15/h1-10,13H,11-12,14H2,(H,23,26). The van der Waals surface area contributed by atoms with Crippen LogP contribution < -0.4 is 10.1 Å². The number of imidazole rings is 1. The Balaban J connectivity index is 1.51. The molecule has 0 saturated heterocycles. The molecule has 142 valence electrons. The second-order valence-corrected chi connectivity index (χ2v) is 6.69. The summed E-state index contributed by atoms with van der Waals surface area (Å²) < 4.78 is 12.7. The van der Waals surface area contributed by atoms with E-state index in [1.165, 1.54) is 0 Å². The minimum absolute atomic E-state index is 0.114. The molecule has 4 rings (SSSR count). The van der Waals surface area contributed by atoms with E-state index in [0.29, 0.717) is 23.1 Å². The summed E-state index contributed by atoms with van der Waals surface area (Å²) in [6, 6.07) is 16.7. The zero-order valence-electron chi connectivity index (χ0n) is 15.0. The van der Waals surface area contributed by atoms with Crippen LogP contribution in [0.4, 0.5) is 0 Å². The van der Waals surface area contributed by atoms with Crippen molar-refractivity contribution in [2.45, 2.75) is 19.7 Å². The van der Waals surface area contributed by atoms with E-state index in [-0.39, 0.29) is 19.1 Å². The molecule has 0 atom stereocenters. The third-order valence-electron chi connectivity index (χ3n) is 4.29. The van der Waals surface area contributed by atoms with E-state index >= 15 is 0 Å². The number of aromatic nitrogens is 2. The van der Waals surface area contributed by atoms with Gasteiger partial charge in [-0.1, -0.05) is 23.7 Å². The first-order valence-electron chi connectivity index (χ1n) is 8.79. The molecule has 28 heavy (non-hydrogen) atoms. The van der Waals surface area contributed by atoms with Crippen LogP contribution in [-0.2, 0) is 24.5 Å². The lowest BCUT2D eigenvalue weighted by Crippen LogP contribution is -2.27. The molecule has 0 spiro atoms. The van der Waals surface area contributed by atoms with Gasteiger partial charge in [0.2, 0.25) is 5.91 Å². The molecule has 2 heterocycles. The van der Waals surface area contributed by atoms with E-state index in [1.54, 1.807) is 36.8 Å². The van der Waals surface area contributed by atoms with Crippen molar-refractivity contribution in [3.63, 3.8) is 0 Å². The monoisotopic (exact) mass is 395 g/mol. The van der Waals surface area contributed by atoms with Gasteiger partial charge in [0.1, 0.15) is 24.7 Å². The van der Waals surface area contributed by atoms with Gasteiger partial charge in [-0.3, -0.25) is 4.79 Å². The summed E-state index contributed by atoms with van der Waals surface area (Å²) in [6.07, 6.45) is 3.19. The van der Waals surface area contributed by atoms with Crippen molar-refractivity contribution >= 4 is 28.5 Å². The van der Waals surface area contributed by atoms with Gasteiger partial charge in [0.05, 0.1) is 23.6 Å². The lowest BCUT2D eigenvalue weighted by atomic mass is 10.3. The van der Waals surface area contributed by atoms with Gasteiger partial charge in [-0.05, 0) is 42.5 Å². The van der Waals surface area contributed by atoms with Crippen LogP contribution in [0.5, 0.6) is 5.75 Å². The van der Waals surface area contributed by atoms with Crippen molar-refractivity contribution in [2.75, 3.05) is 0 Å². The minimum atomic E-state index is -0.114. The molecule has 2 aromatic carbocycles. The number of rotatable bonds is 7. The Bertz CT molecular complexity index is 1070. The van der Waals surface area contributed by atoms with Crippen LogP contribution in [-0.4, -0.2) is 15.5 Å². The fraction of sp³-hybridized carbons (Fsp3) is 0.143. The Morgan fingerprint density at radius 1 is 1.14 bits per heavy atom. The van der Waals surface area contributed by atoms with Crippen molar-refractivity contribution in [1.29, 1.82) is 0 Å². The van der Waals surface area contributed by atoms with Gasteiger partial charge in [-0.2, -0.15) is 0 Å². The van der Waals surface area contributed by atoms with Gasteiger partial charge < -0.3 is 19.0 Å². The average Bonchev–Trinajstić information content (AvgIpc) is 3.34. The van der Waals surface area contributed by atoms with Gasteiger partial charge in [-0.15, -0.1) is 0 Å². The number of fused-ring (bicyclic) bond motifs is 1. The highest BCUT2D eigenvalue weighted by Crippen LogP contribution is 2.20. The number of benzene rings is 2. The minimum Gasteiger partial charge on any atom is -0.486 e. The lowest BCUT2D eigenvalue weighted by Gasteiger charge is -2.11. The quantitative estimate of drug-likeness (QED) is 0.509. The second-order valence-electron chi connectivity index (χ2n) is 6.25. The molecule has 4 aromatic rings. The molecule has 0 fully saturated rings. The highest BCUT2D eigenvalue weighted by molar-refractivity contribution is 6.30. The molecule has 2 aromatic heterocycles. The Morgan fingerprint density at radius 3 is 2.75 bits per heavy atom. The zero-order valence-corrected chi connectivity index (χ0v) is 15.7. The van der Waals surface area contributed by atoms with Gasteiger partial charge in [-0.25, -0.2) is 4.98 Å². The Kier molecular flexibility index (Phi) is 5.30. The number of carbonyl (C=O) groups excluding carboxylic acids is 1. The van der Waals surface area contributed by atoms with Crippen molar-refractivity contribution in [3.05, 3.63) is 83.5 Å². The molecule has 0 aliphatic heterocycles. The predicted molar refractivity (Wildman–Crippen MR) is 106 cm³/mol. The molecule has 0 aliphatic carbocycles. The number of furan rings is 1. The third-order valence-corrected chi connectivity index (χ3v) is 4.54. The molecule has 6 nitrogen and oxygen atoms in total. The molecule has 0 radical (unpaired) electrons. The number of hydrogen-bond acceptors (Lipinski definition) is 4. The average molecular weight is 396 g/mol. The smallest absolute Gasteiger partial charge is 0.240 e. The molecule has 0 bridgehead atoms. The topological polar surface area (TPSA) is 69.3 Å². The van der Waals surface area contributed by atoms with E-state index in [4.69, 9.17) is 20.8 Å². The molecular formula is C21H18ClN3O3. The maximum atomic E-state index is 12.5. The van der Waals surface area contributed by atoms with Gasteiger partial charge in [0, 0.05) is 17.1 Å². The Hall–Kier alpha value is -3.25. The fourth-order valence-corrected chi connectivity index (χ4v) is 3.01. The van der Waals surface area contributed by atoms with Crippen LogP contribution in [0.15, 0.2) is 71.5 Å². The summed E-state index contributed by atoms with van der Waals surface area (Å²) in [5.74, 6) is 1.25. The molecule has 1 amide bonds. The number of carbonyl (C=O) groups is 1. The zero-order chi connectivity index (χ0) is 19.3. The Morgan fingerprint density at radius 2 is 1.96 bits per heavy atom. The van der Waals surface area contributed by atoms with Crippen LogP contribution in [0.3, 0.4) is 0 Å². The van der Waals surface area contributed by atoms with Crippen LogP contribution in [0.1, 0.15) is 11.4 Å². The summed E-state index contributed by atoms with van der Waals surface area (Å²) in [4.78, 5) is 17.1. The van der Waals surface area contributed by atoms with Crippen molar-refractivity contribution in [1.82, 2.24) is 14.9 Å². The maximum Gasteiger partial charge on any atom is 0.240 e. The maximum absolute atomic E-state index is 12.5. The van der Waals surface area contributed by atoms with E-state index < -0.39 is 0 Å². The van der Waals surface area contributed by atoms with E-state index in [9.17, 15) is 4.79 Å². The molecule has 0 unspecified atom stereocenters. The SMILES string of the molecule is O=C(Cn1c(COc2ccc(Cl)cc2)nc2ccccc21)NCc1ccoc1. The molecule has 0 aliphatic rings. The second kappa shape index (κ2) is 8.19. The highest BCUT2D eigenvalue weighted by atomic mass is 35.5. The summed E-state index contributed by atoms with van der Waals surface area (Å²) >= 11 is 5.91. The lowest BCUT2D eigenvalue weighted by molar-refractivity contribution is -0.121. The first kappa shape index (κ1) is 18.1. The van der Waals surface area contributed by atoms with Crippen LogP contribution in [0.25, 0.3) is 11.0 Å². The van der Waals surface area contributed by atoms with Crippen molar-refractivity contribution in [3.8, 4) is 5.75 Å². The largest absolute Gasteiger partial charge is 0.486 e. The van der Waals surface area contributed by atoms with E-state index in [0.717, 1.165) is 16.6 Å². The fourth-order valence-electron chi connectivity index (χ4n) is 2.88. The van der Waals surface area contributed by atoms with Crippen LogP contribution in [0, 0.1) is 0 Å². The van der Waals surface area contributed by atoms with Crippen LogP contribution in [0.2, 0.25) is 5.02 Å². The summed E-state index contributed by atoms with van der Waals surface area (Å²) in [5, 5.41) is 3.54. The summed E-state index contributed by atoms with van der Waals surface area (Å²) in [7, 11) is 0. The number of hydrogen-bond donors (Lipinski definition) is 1. The number of halogens is 1. The van der Waals surface area contributed by atoms with Crippen LogP contribution >= 0.6 is 11.6 Å². The number of ether oxygens (including phenoxy) is 1. The normalized spacial score (nSPS) is 10.9. The van der Waals surface area contributed by atoms with Gasteiger partial charge >= 0.3 is 0 Å². The molecular weight excluding hydrogens is 378 g/mol. The summed E-state index contributed by atoms with van der Waals surface area (Å²) in [5.41, 5.74) is 2.62. The number of nitrogens with zero attached hydrogens (tertiary/aromatic N) is 2. The van der Waals surface area contributed by atoms with Crippen molar-refractivity contribution < 1.29 is 13.9 Å². The number of para-hydroxylation sites is 2. The van der Waals surface area contributed by atoms with E-state index in [1.807, 2.05) is 34.9 Å². The van der Waals surface area contributed by atoms with Gasteiger partial charge in [0.25, 0.3) is 0 Å². The highest BCUT2D eigenvalue weighted by Gasteiger charge is 2.14. The molecule has 0 saturated carbocycles. The predicted octanol–water partition coefficient (Wildman–Crippen LogP) is 4.18. The van der Waals surface area contributed by atoms with Crippen molar-refractivity contribution in [2.24, 2.45) is 0 Å². The van der Waals surface area contributed by atoms with Gasteiger partial charge in [0.15, 0.2) is 0 Å². The van der Waals surface area contributed by atoms with E-state index in [2.05, 4.69) is 10.3 Å². The molecule has 1 N–H and O–H groups in total.